The first-order chi connectivity index (χ1) is 3.81. The third kappa shape index (κ3) is 1.87. The monoisotopic (exact) mass is 92.0 g/mol. The Bertz CT molecular complexity index is 66.9. The zero-order valence-electron chi connectivity index (χ0n) is 5.14. The van der Waals surface area contributed by atoms with Gasteiger partial charge in [0.15, 0.2) is 5.78 Å². The molecule has 0 atom stereocenters. The minimum Gasteiger partial charge on any atom is -0.388 e. The van der Waals surface area contributed by atoms with E-state index in [1.54, 1.807) is 0 Å². The van der Waals surface area contributed by atoms with E-state index in [-0.39, 0.29) is 13.2 Å². The van der Waals surface area contributed by atoms with Crippen molar-refractivity contribution in [2.24, 2.45) is 0 Å². The lowest BCUT2D eigenvalue weighted by molar-refractivity contribution is -0.124. The molecule has 2 N–H and O–H groups in total. The minimum absolute atomic E-state index is 0.307. The number of aliphatic hydroxyl groups excluding tert-OH is 2. The van der Waals surface area contributed by atoms with Crippen LogP contribution in [0.2, 0.25) is 0 Å². The van der Waals surface area contributed by atoms with E-state index in [0.717, 1.165) is 0 Å². The summed E-state index contributed by atoms with van der Waals surface area (Å²) in [5, 5.41) is 7.39. The van der Waals surface area contributed by atoms with E-state index in [4.69, 9.17) is 2.86 Å². The maximum atomic E-state index is 10.2. The number of Topliss-reactive ketones (excluding diaryl/α,β-unsaturated/α-hetero) is 1. The van der Waals surface area contributed by atoms with Crippen LogP contribution in [0.25, 0.3) is 0 Å². The molecule has 0 aliphatic heterocycles. The summed E-state index contributed by atoms with van der Waals surface area (Å²) in [6.45, 7) is -0.613. The quantitative estimate of drug-likeness (QED) is 0.445. The van der Waals surface area contributed by atoms with Gasteiger partial charge in [-0.15, -0.1) is 0 Å². The molecular weight excluding hydrogens is 84.0 g/mol. The maximum Gasteiger partial charge on any atom is 0.211 e. The highest BCUT2D eigenvalue weighted by Crippen LogP contribution is 1.59. The molecule has 0 aromatic heterocycles. The smallest absolute Gasteiger partial charge is 0.211 e. The molecule has 0 aliphatic rings. The van der Waals surface area contributed by atoms with Crippen molar-refractivity contribution in [3.8, 4) is 0 Å². The van der Waals surface area contributed by atoms with Gasteiger partial charge in [-0.1, -0.05) is 0 Å². The Morgan fingerprint density at radius 2 is 2.17 bits per heavy atom. The summed E-state index contributed by atoms with van der Waals surface area (Å²) in [7, 11) is 0. The number of hydrogen-bond acceptors (Lipinski definition) is 3. The van der Waals surface area contributed by atoms with Crippen molar-refractivity contribution in [3.63, 3.8) is 0 Å². The molecule has 0 saturated carbocycles. The molecule has 0 aliphatic carbocycles. The van der Waals surface area contributed by atoms with E-state index in [2.05, 4.69) is 10.2 Å². The molecule has 0 aromatic carbocycles. The van der Waals surface area contributed by atoms with Crippen molar-refractivity contribution in [3.05, 3.63) is 0 Å². The van der Waals surface area contributed by atoms with Crippen molar-refractivity contribution in [1.82, 2.24) is 0 Å². The van der Waals surface area contributed by atoms with E-state index >= 15 is 0 Å². The van der Waals surface area contributed by atoms with Gasteiger partial charge in [0.1, 0.15) is 13.2 Å². The van der Waals surface area contributed by atoms with Gasteiger partial charge in [0.25, 0.3) is 0 Å². The molecule has 0 heterocycles. The van der Waals surface area contributed by atoms with Crippen molar-refractivity contribution < 1.29 is 15.0 Å². The summed E-state index contributed by atoms with van der Waals surface area (Å²) in [4.78, 5) is 10.2. The largest absolute Gasteiger partial charge is 0.388 e. The molecule has 36 valence electrons. The first kappa shape index (κ1) is 2.71. The van der Waals surface area contributed by atoms with Crippen molar-refractivity contribution in [1.29, 1.82) is 2.86 Å². The van der Waals surface area contributed by atoms with Gasteiger partial charge in [0.05, 0.1) is 0 Å². The zero-order valence-corrected chi connectivity index (χ0v) is 3.14. The Morgan fingerprint density at radius 3 is 2.50 bits per heavy atom. The number of ketones is 1. The number of hydrogen-bond donors (Lipinski definition) is 2. The van der Waals surface area contributed by atoms with Gasteiger partial charge < -0.3 is 10.2 Å². The van der Waals surface area contributed by atoms with Crippen LogP contribution in [-0.2, 0) is 4.79 Å². The van der Waals surface area contributed by atoms with E-state index in [9.17, 15) is 4.79 Å². The minimum atomic E-state index is -0.407. The topological polar surface area (TPSA) is 57.5 Å². The molecule has 3 heteroatoms. The van der Waals surface area contributed by atoms with Gasteiger partial charge in [-0.3, -0.25) is 4.79 Å². The van der Waals surface area contributed by atoms with E-state index in [1.165, 1.54) is 0 Å². The summed E-state index contributed by atoms with van der Waals surface area (Å²) in [5.74, 6) is -0.407. The Balaban J connectivity index is 3.06. The van der Waals surface area contributed by atoms with Crippen LogP contribution < -0.4 is 0 Å². The first-order valence-corrected chi connectivity index (χ1v) is 1.49. The molecule has 0 bridgehead atoms. The van der Waals surface area contributed by atoms with Crippen LogP contribution in [0.4, 0.5) is 0 Å². The van der Waals surface area contributed by atoms with Crippen molar-refractivity contribution in [2.45, 2.75) is 0 Å². The van der Waals surface area contributed by atoms with Gasteiger partial charge in [-0.05, 0) is 0 Å². The lowest BCUT2D eigenvalue weighted by Crippen LogP contribution is -2.07. The van der Waals surface area contributed by atoms with Crippen LogP contribution in [0, 0.1) is 0 Å². The van der Waals surface area contributed by atoms with Gasteiger partial charge in [-0.2, -0.15) is 0 Å². The number of rotatable bonds is 4. The molecule has 3 nitrogen and oxygen atoms in total. The van der Waals surface area contributed by atoms with Crippen LogP contribution in [0.5, 0.6) is 0 Å². The highest BCUT2D eigenvalue weighted by atomic mass is 16.3. The summed E-state index contributed by atoms with van der Waals surface area (Å²) in [5.41, 5.74) is 0. The fraction of sp³-hybridized carbons (Fsp3) is 0.667. The Morgan fingerprint density at radius 1 is 1.67 bits per heavy atom. The van der Waals surface area contributed by atoms with Crippen LogP contribution in [0.3, 0.4) is 0 Å². The predicted octanol–water partition coefficient (Wildman–Crippen LogP) is -1.46. The Hall–Kier alpha value is -0.410. The molecular formula is C3H6O3. The average molecular weight is 92.1 g/mol. The highest BCUT2D eigenvalue weighted by molar-refractivity contribution is 5.80. The SMILES string of the molecule is [2H]OCC(=O)CO[2H]. The number of carbonyl (C=O) groups excluding carboxylic acids is 1. The third-order valence-electron chi connectivity index (χ3n) is 0.322. The molecule has 0 saturated heterocycles. The number of aliphatic hydroxyl groups is 2. The second-order valence-electron chi connectivity index (χ2n) is 0.827. The molecule has 0 aromatic rings. The fourth-order valence-corrected chi connectivity index (χ4v) is 0.0417. The Labute approximate surface area is 38.2 Å². The van der Waals surface area contributed by atoms with Gasteiger partial charge in [0.2, 0.25) is 2.86 Å². The average Bonchev–Trinajstić information content (AvgIpc) is 1.68. The second-order valence-corrected chi connectivity index (χ2v) is 0.827. The van der Waals surface area contributed by atoms with Gasteiger partial charge >= 0.3 is 0 Å². The fourth-order valence-electron chi connectivity index (χ4n) is 0.0417. The molecule has 0 rings (SSSR count). The van der Waals surface area contributed by atoms with E-state index < -0.39 is 5.78 Å². The van der Waals surface area contributed by atoms with Gasteiger partial charge in [-0.25, -0.2) is 0 Å². The summed E-state index contributed by atoms with van der Waals surface area (Å²) in [6.07, 6.45) is 0. The van der Waals surface area contributed by atoms with Crippen molar-refractivity contribution >= 4 is 5.78 Å². The lowest BCUT2D eigenvalue weighted by atomic mass is 10.5. The maximum absolute atomic E-state index is 10.2. The molecule has 0 spiro atoms. The first-order valence-electron chi connectivity index (χ1n) is 2.31. The zero-order chi connectivity index (χ0) is 6.41. The van der Waals surface area contributed by atoms with E-state index in [0.29, 0.717) is 0 Å². The van der Waals surface area contributed by atoms with Gasteiger partial charge in [0, 0.05) is 0 Å². The molecule has 6 heavy (non-hydrogen) atoms. The summed E-state index contributed by atoms with van der Waals surface area (Å²) < 4.78 is 12.1. The second kappa shape index (κ2) is 2.81. The predicted molar refractivity (Wildman–Crippen MR) is 19.2 cm³/mol. The van der Waals surface area contributed by atoms with Crippen LogP contribution in [0.1, 0.15) is 0 Å². The van der Waals surface area contributed by atoms with Crippen LogP contribution in [0.15, 0.2) is 0 Å². The van der Waals surface area contributed by atoms with E-state index in [1.807, 2.05) is 0 Å². The third-order valence-corrected chi connectivity index (χ3v) is 0.322. The Kier molecular flexibility index (Phi) is 1.27. The molecule has 0 amide bonds. The summed E-state index contributed by atoms with van der Waals surface area (Å²) >= 11 is 0. The molecule has 0 radical (unpaired) electrons. The molecule has 0 fully saturated rings. The number of carbonyl (C=O) groups is 1. The van der Waals surface area contributed by atoms with Crippen LogP contribution >= 0.6 is 0 Å². The highest BCUT2D eigenvalue weighted by Gasteiger charge is 1.89. The van der Waals surface area contributed by atoms with Crippen LogP contribution in [-0.4, -0.2) is 32.1 Å². The van der Waals surface area contributed by atoms with Crippen molar-refractivity contribution in [2.75, 3.05) is 13.2 Å². The lowest BCUT2D eigenvalue weighted by Gasteiger charge is -1.81. The normalized spacial score (nSPS) is 12.7. The summed E-state index contributed by atoms with van der Waals surface area (Å²) in [6, 6.07) is 0. The molecule has 0 unspecified atom stereocenters. The standard InChI is InChI=1S/C3H6O3/c4-1-3(6)2-5/h4-5H,1-2H2/i4D,5D.